The van der Waals surface area contributed by atoms with Crippen molar-refractivity contribution in [2.24, 2.45) is 10.1 Å². The van der Waals surface area contributed by atoms with Crippen molar-refractivity contribution in [1.29, 1.82) is 0 Å². The molecule has 0 bridgehead atoms. The Bertz CT molecular complexity index is 986. The molecule has 1 unspecified atom stereocenters. The molecule has 1 aliphatic heterocycles. The summed E-state index contributed by atoms with van der Waals surface area (Å²) in [5.74, 6) is 1.50. The molecule has 1 fully saturated rings. The lowest BCUT2D eigenvalue weighted by Crippen LogP contribution is -2.42. The lowest BCUT2D eigenvalue weighted by atomic mass is 10.1. The van der Waals surface area contributed by atoms with Crippen molar-refractivity contribution in [3.05, 3.63) is 59.7 Å². The number of ether oxygens (including phenoxy) is 1. The number of nitrogens with two attached hydrogens (primary N) is 1. The molecular weight excluding hydrogens is 414 g/mol. The second-order valence-corrected chi connectivity index (χ2v) is 9.09. The minimum Gasteiger partial charge on any atom is -0.497 e. The average Bonchev–Trinajstić information content (AvgIpc) is 3.30. The molecule has 1 aliphatic rings. The topological polar surface area (TPSA) is 109 Å². The second kappa shape index (κ2) is 10.6. The molecule has 0 aromatic heterocycles. The zero-order chi connectivity index (χ0) is 22.3. The van der Waals surface area contributed by atoms with E-state index in [2.05, 4.69) is 32.7 Å². The molecule has 2 aromatic rings. The van der Waals surface area contributed by atoms with Gasteiger partial charge in [-0.15, -0.1) is 0 Å². The largest absolute Gasteiger partial charge is 0.497 e. The van der Waals surface area contributed by atoms with Gasteiger partial charge >= 0.3 is 0 Å². The maximum atomic E-state index is 11.6. The first kappa shape index (κ1) is 23.1. The lowest BCUT2D eigenvalue weighted by molar-refractivity contribution is 0.245. The third kappa shape index (κ3) is 6.43. The second-order valence-electron chi connectivity index (χ2n) is 7.53. The minimum absolute atomic E-state index is 0.100. The van der Waals surface area contributed by atoms with Gasteiger partial charge in [0.15, 0.2) is 5.96 Å². The maximum absolute atomic E-state index is 11.6. The van der Waals surface area contributed by atoms with Crippen molar-refractivity contribution in [2.45, 2.75) is 30.3 Å². The molecular formula is C22H31N5O3S. The van der Waals surface area contributed by atoms with Crippen molar-refractivity contribution in [1.82, 2.24) is 15.5 Å². The van der Waals surface area contributed by atoms with Crippen LogP contribution in [0.4, 0.5) is 0 Å². The first-order valence-electron chi connectivity index (χ1n) is 10.3. The number of hydrogen-bond donors (Lipinski definition) is 3. The molecule has 2 aromatic carbocycles. The summed E-state index contributed by atoms with van der Waals surface area (Å²) in [6, 6.07) is 15.0. The maximum Gasteiger partial charge on any atom is 0.238 e. The molecule has 3 rings (SSSR count). The quantitative estimate of drug-likeness (QED) is 0.423. The summed E-state index contributed by atoms with van der Waals surface area (Å²) in [5, 5.41) is 11.9. The number of rotatable bonds is 8. The van der Waals surface area contributed by atoms with Gasteiger partial charge < -0.3 is 15.4 Å². The van der Waals surface area contributed by atoms with Crippen molar-refractivity contribution < 1.29 is 13.2 Å². The van der Waals surface area contributed by atoms with E-state index in [1.54, 1.807) is 26.3 Å². The van der Waals surface area contributed by atoms with Crippen LogP contribution in [0.5, 0.6) is 5.75 Å². The van der Waals surface area contributed by atoms with Gasteiger partial charge in [-0.1, -0.05) is 24.3 Å². The van der Waals surface area contributed by atoms with E-state index < -0.39 is 10.0 Å². The smallest absolute Gasteiger partial charge is 0.238 e. The Morgan fingerprint density at radius 3 is 2.48 bits per heavy atom. The van der Waals surface area contributed by atoms with Gasteiger partial charge in [-0.25, -0.2) is 13.6 Å². The predicted molar refractivity (Wildman–Crippen MR) is 123 cm³/mol. The van der Waals surface area contributed by atoms with Crippen LogP contribution in [0.2, 0.25) is 0 Å². The molecule has 1 heterocycles. The minimum atomic E-state index is -3.72. The van der Waals surface area contributed by atoms with Gasteiger partial charge in [0, 0.05) is 20.1 Å². The van der Waals surface area contributed by atoms with E-state index in [4.69, 9.17) is 9.88 Å². The van der Waals surface area contributed by atoms with E-state index in [1.165, 1.54) is 24.5 Å². The van der Waals surface area contributed by atoms with Crippen LogP contribution in [0.3, 0.4) is 0 Å². The van der Waals surface area contributed by atoms with Gasteiger partial charge in [0.25, 0.3) is 0 Å². The van der Waals surface area contributed by atoms with Crippen LogP contribution in [0, 0.1) is 0 Å². The molecule has 31 heavy (non-hydrogen) atoms. The standard InChI is InChI=1S/C22H31N5O3S/c1-24-22(25-15-17-6-5-7-20(14-17)31(23,28)29)26-16-21(27-12-3-4-13-27)18-8-10-19(30-2)11-9-18/h5-11,14,21H,3-4,12-13,15-16H2,1-2H3,(H2,23,28,29)(H2,24,25,26). The Morgan fingerprint density at radius 2 is 1.87 bits per heavy atom. The zero-order valence-corrected chi connectivity index (χ0v) is 18.9. The summed E-state index contributed by atoms with van der Waals surface area (Å²) in [5.41, 5.74) is 2.03. The van der Waals surface area contributed by atoms with Gasteiger partial charge in [0.2, 0.25) is 10.0 Å². The van der Waals surface area contributed by atoms with Gasteiger partial charge in [-0.05, 0) is 61.3 Å². The van der Waals surface area contributed by atoms with Crippen LogP contribution in [0.1, 0.15) is 30.0 Å². The molecule has 0 spiro atoms. The number of primary sulfonamides is 1. The van der Waals surface area contributed by atoms with Gasteiger partial charge in [0.1, 0.15) is 5.75 Å². The summed E-state index contributed by atoms with van der Waals surface area (Å²) in [4.78, 5) is 6.89. The molecule has 1 saturated heterocycles. The summed E-state index contributed by atoms with van der Waals surface area (Å²) in [6.07, 6.45) is 2.42. The Balaban J connectivity index is 1.64. The fourth-order valence-electron chi connectivity index (χ4n) is 3.77. The molecule has 168 valence electrons. The van der Waals surface area contributed by atoms with Crippen molar-refractivity contribution in [3.8, 4) is 5.75 Å². The molecule has 0 amide bonds. The number of methoxy groups -OCH3 is 1. The number of sulfonamides is 1. The van der Waals surface area contributed by atoms with Crippen LogP contribution < -0.4 is 20.5 Å². The first-order chi connectivity index (χ1) is 14.9. The number of guanidine groups is 1. The number of likely N-dealkylation sites (tertiary alicyclic amines) is 1. The molecule has 0 radical (unpaired) electrons. The van der Waals surface area contributed by atoms with Crippen LogP contribution in [0.25, 0.3) is 0 Å². The highest BCUT2D eigenvalue weighted by molar-refractivity contribution is 7.89. The van der Waals surface area contributed by atoms with Gasteiger partial charge in [-0.3, -0.25) is 9.89 Å². The number of benzene rings is 2. The summed E-state index contributed by atoms with van der Waals surface area (Å²) in [7, 11) is -0.338. The highest BCUT2D eigenvalue weighted by Crippen LogP contribution is 2.26. The summed E-state index contributed by atoms with van der Waals surface area (Å²) < 4.78 is 28.4. The summed E-state index contributed by atoms with van der Waals surface area (Å²) in [6.45, 7) is 3.28. The van der Waals surface area contributed by atoms with E-state index in [9.17, 15) is 8.42 Å². The Morgan fingerprint density at radius 1 is 1.16 bits per heavy atom. The Hall–Kier alpha value is -2.62. The van der Waals surface area contributed by atoms with E-state index in [-0.39, 0.29) is 10.9 Å². The van der Waals surface area contributed by atoms with Crippen molar-refractivity contribution >= 4 is 16.0 Å². The average molecular weight is 446 g/mol. The highest BCUT2D eigenvalue weighted by atomic mass is 32.2. The van der Waals surface area contributed by atoms with E-state index in [0.717, 1.165) is 24.4 Å². The zero-order valence-electron chi connectivity index (χ0n) is 18.0. The molecule has 8 nitrogen and oxygen atoms in total. The van der Waals surface area contributed by atoms with Crippen molar-refractivity contribution in [2.75, 3.05) is 33.8 Å². The molecule has 1 atom stereocenters. The van der Waals surface area contributed by atoms with E-state index in [1.807, 2.05) is 18.2 Å². The Kier molecular flexibility index (Phi) is 7.89. The lowest BCUT2D eigenvalue weighted by Gasteiger charge is -2.29. The predicted octanol–water partition coefficient (Wildman–Crippen LogP) is 1.84. The van der Waals surface area contributed by atoms with Gasteiger partial charge in [-0.2, -0.15) is 0 Å². The fraction of sp³-hybridized carbons (Fsp3) is 0.409. The molecule has 4 N–H and O–H groups in total. The third-order valence-corrected chi connectivity index (χ3v) is 6.37. The SMILES string of the molecule is CN=C(NCc1cccc(S(N)(=O)=O)c1)NCC(c1ccc(OC)cc1)N1CCCC1. The van der Waals surface area contributed by atoms with Crippen LogP contribution in [0.15, 0.2) is 58.4 Å². The molecule has 0 aliphatic carbocycles. The molecule has 9 heteroatoms. The van der Waals surface area contributed by atoms with E-state index >= 15 is 0 Å². The first-order valence-corrected chi connectivity index (χ1v) is 11.9. The summed E-state index contributed by atoms with van der Waals surface area (Å²) >= 11 is 0. The fourth-order valence-corrected chi connectivity index (χ4v) is 4.35. The monoisotopic (exact) mass is 445 g/mol. The number of nitrogens with one attached hydrogen (secondary N) is 2. The Labute approximate surface area is 184 Å². The number of nitrogens with zero attached hydrogens (tertiary/aromatic N) is 2. The number of hydrogen-bond acceptors (Lipinski definition) is 5. The van der Waals surface area contributed by atoms with Crippen LogP contribution in [-0.4, -0.2) is 53.1 Å². The number of aliphatic imine (C=N–C) groups is 1. The van der Waals surface area contributed by atoms with E-state index in [0.29, 0.717) is 19.0 Å². The molecule has 0 saturated carbocycles. The van der Waals surface area contributed by atoms with Crippen molar-refractivity contribution in [3.63, 3.8) is 0 Å². The van der Waals surface area contributed by atoms with Crippen LogP contribution in [-0.2, 0) is 16.6 Å². The van der Waals surface area contributed by atoms with Gasteiger partial charge in [0.05, 0.1) is 18.0 Å². The highest BCUT2D eigenvalue weighted by Gasteiger charge is 2.23. The third-order valence-electron chi connectivity index (χ3n) is 5.46. The normalized spacial score (nSPS) is 16.2. The van der Waals surface area contributed by atoms with Crippen LogP contribution >= 0.6 is 0 Å².